The van der Waals surface area contributed by atoms with Crippen LogP contribution in [0.3, 0.4) is 0 Å². The molecule has 1 unspecified atom stereocenters. The van der Waals surface area contributed by atoms with Crippen LogP contribution in [0.2, 0.25) is 5.02 Å². The van der Waals surface area contributed by atoms with E-state index in [-0.39, 0.29) is 22.3 Å². The number of imide groups is 1. The maximum absolute atomic E-state index is 14.0. The predicted molar refractivity (Wildman–Crippen MR) is 110 cm³/mol. The average molecular weight is 431 g/mol. The van der Waals surface area contributed by atoms with Crippen LogP contribution in [-0.4, -0.2) is 39.8 Å². The van der Waals surface area contributed by atoms with E-state index >= 15 is 0 Å². The van der Waals surface area contributed by atoms with E-state index in [2.05, 4.69) is 10.3 Å². The molecular formula is C21H20ClFN4O3. The minimum Gasteiger partial charge on any atom is -0.321 e. The molecule has 0 saturated carbocycles. The number of halogens is 2. The molecule has 0 aliphatic carbocycles. The van der Waals surface area contributed by atoms with E-state index in [1.54, 1.807) is 18.7 Å². The van der Waals surface area contributed by atoms with E-state index in [4.69, 9.17) is 11.6 Å². The zero-order valence-corrected chi connectivity index (χ0v) is 17.3. The first kappa shape index (κ1) is 20.3. The number of hydrogen-bond donors (Lipinski definition) is 1. The summed E-state index contributed by atoms with van der Waals surface area (Å²) in [6.07, 6.45) is 3.73. The number of urea groups is 1. The molecule has 0 spiro atoms. The maximum Gasteiger partial charge on any atom is 0.332 e. The van der Waals surface area contributed by atoms with Crippen molar-refractivity contribution in [2.24, 2.45) is 0 Å². The third kappa shape index (κ3) is 3.21. The lowest BCUT2D eigenvalue weighted by Gasteiger charge is -2.35. The van der Waals surface area contributed by atoms with Crippen LogP contribution < -0.4 is 10.2 Å². The molecule has 1 atom stereocenters. The third-order valence-corrected chi connectivity index (χ3v) is 5.92. The van der Waals surface area contributed by atoms with Crippen LogP contribution in [0.15, 0.2) is 30.5 Å². The highest BCUT2D eigenvalue weighted by atomic mass is 35.5. The van der Waals surface area contributed by atoms with Gasteiger partial charge < -0.3 is 10.2 Å². The number of pyridine rings is 1. The number of rotatable bonds is 3. The van der Waals surface area contributed by atoms with Gasteiger partial charge >= 0.3 is 6.03 Å². The van der Waals surface area contributed by atoms with Crippen molar-refractivity contribution in [3.63, 3.8) is 0 Å². The van der Waals surface area contributed by atoms with Crippen LogP contribution in [0, 0.1) is 12.7 Å². The van der Waals surface area contributed by atoms with Crippen molar-refractivity contribution in [1.29, 1.82) is 0 Å². The largest absolute Gasteiger partial charge is 0.332 e. The minimum absolute atomic E-state index is 0.121. The fourth-order valence-electron chi connectivity index (χ4n) is 3.97. The Morgan fingerprint density at radius 2 is 2.03 bits per heavy atom. The molecule has 9 heteroatoms. The number of amides is 4. The van der Waals surface area contributed by atoms with E-state index in [9.17, 15) is 18.8 Å². The normalized spacial score (nSPS) is 21.1. The quantitative estimate of drug-likeness (QED) is 0.741. The van der Waals surface area contributed by atoms with Crippen molar-refractivity contribution >= 4 is 40.8 Å². The Hall–Kier alpha value is -3.00. The molecule has 4 rings (SSSR count). The van der Waals surface area contributed by atoms with Gasteiger partial charge in [-0.1, -0.05) is 11.6 Å². The molecule has 30 heavy (non-hydrogen) atoms. The number of nitrogens with one attached hydrogen (secondary N) is 1. The number of aryl methyl sites for hydroxylation is 1. The molecule has 0 bridgehead atoms. The molecule has 3 heterocycles. The number of aromatic nitrogens is 1. The number of anilines is 2. The topological polar surface area (TPSA) is 82.6 Å². The first-order valence-electron chi connectivity index (χ1n) is 9.61. The standard InChI is InChI=1S/C21H20ClFN4O3/c1-12-9-15(23)17(24-11-12)18(28)25-13-5-6-16(14(22)10-13)27-19(29)21(2)7-3-4-8-26(21)20(27)30/h5-6,9-11H,3-4,7-8H2,1-2H3,(H,25,28). The number of fused-ring (bicyclic) bond motifs is 1. The van der Waals surface area contributed by atoms with Crippen molar-refractivity contribution < 1.29 is 18.8 Å². The second kappa shape index (κ2) is 7.36. The molecule has 1 aromatic carbocycles. The molecule has 2 saturated heterocycles. The van der Waals surface area contributed by atoms with E-state index in [1.807, 2.05) is 0 Å². The van der Waals surface area contributed by atoms with E-state index < -0.39 is 23.3 Å². The van der Waals surface area contributed by atoms with Crippen molar-refractivity contribution in [2.45, 2.75) is 38.6 Å². The smallest absolute Gasteiger partial charge is 0.321 e. The number of piperidine rings is 1. The fraction of sp³-hybridized carbons (Fsp3) is 0.333. The van der Waals surface area contributed by atoms with Gasteiger partial charge in [0.2, 0.25) is 0 Å². The van der Waals surface area contributed by atoms with Gasteiger partial charge in [0.15, 0.2) is 11.5 Å². The number of hydrogen-bond acceptors (Lipinski definition) is 4. The zero-order chi connectivity index (χ0) is 21.6. The monoisotopic (exact) mass is 430 g/mol. The lowest BCUT2D eigenvalue weighted by Crippen LogP contribution is -2.49. The SMILES string of the molecule is Cc1cnc(C(=O)Nc2ccc(N3C(=O)N4CCCCC4(C)C3=O)c(Cl)c2)c(F)c1. The number of nitrogens with zero attached hydrogens (tertiary/aromatic N) is 3. The maximum atomic E-state index is 14.0. The molecule has 4 amide bonds. The molecule has 156 valence electrons. The second-order valence-corrected chi connectivity index (χ2v) is 8.18. The summed E-state index contributed by atoms with van der Waals surface area (Å²) in [5, 5.41) is 2.65. The van der Waals surface area contributed by atoms with Gasteiger partial charge in [0, 0.05) is 18.4 Å². The molecule has 2 aromatic rings. The summed E-state index contributed by atoms with van der Waals surface area (Å²) in [6, 6.07) is 5.24. The van der Waals surface area contributed by atoms with Gasteiger partial charge in [0.1, 0.15) is 5.54 Å². The lowest BCUT2D eigenvalue weighted by atomic mass is 9.89. The van der Waals surface area contributed by atoms with Gasteiger partial charge in [-0.15, -0.1) is 0 Å². The van der Waals surface area contributed by atoms with E-state index in [0.29, 0.717) is 24.2 Å². The van der Waals surface area contributed by atoms with Crippen LogP contribution in [0.5, 0.6) is 0 Å². The van der Waals surface area contributed by atoms with Gasteiger partial charge in [0.05, 0.1) is 10.7 Å². The first-order chi connectivity index (χ1) is 14.2. The molecule has 2 aliphatic heterocycles. The van der Waals surface area contributed by atoms with Gasteiger partial charge in [-0.3, -0.25) is 9.59 Å². The summed E-state index contributed by atoms with van der Waals surface area (Å²) in [4.78, 5) is 44.7. The molecule has 1 aromatic heterocycles. The molecule has 0 radical (unpaired) electrons. The fourth-order valence-corrected chi connectivity index (χ4v) is 4.23. The minimum atomic E-state index is -0.861. The summed E-state index contributed by atoms with van der Waals surface area (Å²) < 4.78 is 14.0. The Morgan fingerprint density at radius 1 is 1.27 bits per heavy atom. The summed E-state index contributed by atoms with van der Waals surface area (Å²) in [6.45, 7) is 3.97. The second-order valence-electron chi connectivity index (χ2n) is 7.77. The molecular weight excluding hydrogens is 411 g/mol. The highest BCUT2D eigenvalue weighted by Gasteiger charge is 2.55. The summed E-state index contributed by atoms with van der Waals surface area (Å²) in [7, 11) is 0. The highest BCUT2D eigenvalue weighted by Crippen LogP contribution is 2.41. The third-order valence-electron chi connectivity index (χ3n) is 5.62. The average Bonchev–Trinajstić information content (AvgIpc) is 2.88. The van der Waals surface area contributed by atoms with Crippen LogP contribution >= 0.6 is 11.6 Å². The van der Waals surface area contributed by atoms with Gasteiger partial charge in [-0.2, -0.15) is 0 Å². The van der Waals surface area contributed by atoms with Crippen molar-refractivity contribution in [1.82, 2.24) is 9.88 Å². The number of carbonyl (C=O) groups excluding carboxylic acids is 3. The first-order valence-corrected chi connectivity index (χ1v) is 9.99. The number of carbonyl (C=O) groups is 3. The van der Waals surface area contributed by atoms with Crippen LogP contribution in [0.4, 0.5) is 20.6 Å². The van der Waals surface area contributed by atoms with Gasteiger partial charge in [-0.25, -0.2) is 19.1 Å². The summed E-state index contributed by atoms with van der Waals surface area (Å²) >= 11 is 6.36. The molecule has 2 fully saturated rings. The lowest BCUT2D eigenvalue weighted by molar-refractivity contribution is -0.125. The Bertz CT molecular complexity index is 1080. The zero-order valence-electron chi connectivity index (χ0n) is 16.5. The summed E-state index contributed by atoms with van der Waals surface area (Å²) in [5.74, 6) is -1.76. The van der Waals surface area contributed by atoms with E-state index in [1.165, 1.54) is 30.5 Å². The van der Waals surface area contributed by atoms with E-state index in [0.717, 1.165) is 17.7 Å². The Morgan fingerprint density at radius 3 is 2.70 bits per heavy atom. The predicted octanol–water partition coefficient (Wildman–Crippen LogP) is 4.15. The van der Waals surface area contributed by atoms with Crippen molar-refractivity contribution in [3.05, 3.63) is 52.6 Å². The van der Waals surface area contributed by atoms with Crippen LogP contribution in [-0.2, 0) is 4.79 Å². The molecule has 1 N–H and O–H groups in total. The molecule has 2 aliphatic rings. The number of benzene rings is 1. The summed E-state index contributed by atoms with van der Waals surface area (Å²) in [5.41, 5.74) is -0.0596. The Balaban J connectivity index is 1.59. The van der Waals surface area contributed by atoms with Crippen LogP contribution in [0.1, 0.15) is 42.2 Å². The Kier molecular flexibility index (Phi) is 4.97. The van der Waals surface area contributed by atoms with Gasteiger partial charge in [-0.05, 0) is 62.9 Å². The van der Waals surface area contributed by atoms with Crippen molar-refractivity contribution in [3.8, 4) is 0 Å². The molecule has 7 nitrogen and oxygen atoms in total. The van der Waals surface area contributed by atoms with Gasteiger partial charge in [0.25, 0.3) is 11.8 Å². The van der Waals surface area contributed by atoms with Crippen molar-refractivity contribution in [2.75, 3.05) is 16.8 Å². The van der Waals surface area contributed by atoms with Crippen LogP contribution in [0.25, 0.3) is 0 Å². The highest BCUT2D eigenvalue weighted by molar-refractivity contribution is 6.36. The Labute approximate surface area is 177 Å².